The highest BCUT2D eigenvalue weighted by Gasteiger charge is 2.43. The molecular weight excluding hydrogens is 417 g/mol. The number of phenolic OH excluding ortho intramolecular Hbond substituents is 1. The average Bonchev–Trinajstić information content (AvgIpc) is 3.19. The lowest BCUT2D eigenvalue weighted by atomic mass is 9.79. The molecule has 7 nitrogen and oxygen atoms in total. The number of nitrogens with zero attached hydrogens (tertiary/aromatic N) is 1. The lowest BCUT2D eigenvalue weighted by Crippen LogP contribution is -2.42. The van der Waals surface area contributed by atoms with E-state index < -0.39 is 31.4 Å². The van der Waals surface area contributed by atoms with Crippen LogP contribution < -0.4 is 0 Å². The largest absolute Gasteiger partial charge is 0.508 e. The molecule has 172 valence electrons. The van der Waals surface area contributed by atoms with Crippen LogP contribution in [0.2, 0.25) is 0 Å². The van der Waals surface area contributed by atoms with Crippen molar-refractivity contribution in [3.05, 3.63) is 29.8 Å². The SMILES string of the molecule is O=C(O)[C@@H]1C[C@H](C2CCCCC2)CN1C(=O)CP(=O)(O)CCCCc1ccc(O)cc1. The molecule has 31 heavy (non-hydrogen) atoms. The van der Waals surface area contributed by atoms with Crippen molar-refractivity contribution in [1.29, 1.82) is 0 Å². The monoisotopic (exact) mass is 451 g/mol. The first-order valence-electron chi connectivity index (χ1n) is 11.4. The van der Waals surface area contributed by atoms with E-state index in [0.29, 0.717) is 31.7 Å². The fraction of sp³-hybridized carbons (Fsp3) is 0.652. The number of aliphatic carboxylic acids is 1. The van der Waals surface area contributed by atoms with Gasteiger partial charge in [0.25, 0.3) is 0 Å². The van der Waals surface area contributed by atoms with Gasteiger partial charge in [-0.3, -0.25) is 9.36 Å². The molecule has 3 rings (SSSR count). The standard InChI is InChI=1S/C23H34NO6P/c25-20-11-9-17(10-12-20)6-4-5-13-31(29,30)16-22(26)24-15-19(14-21(24)23(27)28)18-7-2-1-3-8-18/h9-12,18-19,21,25H,1-8,13-16H2,(H,27,28)(H,29,30)/t19-,21-/m0/s1. The Hall–Kier alpha value is -1.85. The van der Waals surface area contributed by atoms with Crippen LogP contribution in [0.4, 0.5) is 0 Å². The smallest absolute Gasteiger partial charge is 0.326 e. The normalized spacial score (nSPS) is 24.1. The van der Waals surface area contributed by atoms with Gasteiger partial charge in [-0.2, -0.15) is 0 Å². The van der Waals surface area contributed by atoms with Crippen LogP contribution in [0.15, 0.2) is 24.3 Å². The van der Waals surface area contributed by atoms with Crippen molar-refractivity contribution in [2.45, 2.75) is 63.8 Å². The summed E-state index contributed by atoms with van der Waals surface area (Å²) in [7, 11) is -3.66. The maximum Gasteiger partial charge on any atom is 0.326 e. The molecule has 1 aromatic rings. The number of carbonyl (C=O) groups excluding carboxylic acids is 1. The molecule has 0 bridgehead atoms. The maximum absolute atomic E-state index is 12.8. The van der Waals surface area contributed by atoms with Gasteiger partial charge in [0.1, 0.15) is 18.0 Å². The zero-order valence-corrected chi connectivity index (χ0v) is 18.9. The van der Waals surface area contributed by atoms with Gasteiger partial charge < -0.3 is 20.0 Å². The van der Waals surface area contributed by atoms with Gasteiger partial charge in [-0.1, -0.05) is 44.2 Å². The predicted molar refractivity (Wildman–Crippen MR) is 118 cm³/mol. The van der Waals surface area contributed by atoms with Gasteiger partial charge in [0.05, 0.1) is 0 Å². The second-order valence-corrected chi connectivity index (χ2v) is 11.6. The van der Waals surface area contributed by atoms with E-state index in [0.717, 1.165) is 37.7 Å². The molecule has 0 radical (unpaired) electrons. The van der Waals surface area contributed by atoms with Gasteiger partial charge in [0.2, 0.25) is 13.3 Å². The Kier molecular flexibility index (Phi) is 8.17. The highest BCUT2D eigenvalue weighted by atomic mass is 31.2. The van der Waals surface area contributed by atoms with Crippen LogP contribution >= 0.6 is 7.37 Å². The van der Waals surface area contributed by atoms with Crippen molar-refractivity contribution >= 4 is 19.2 Å². The number of hydrogen-bond acceptors (Lipinski definition) is 4. The number of amides is 1. The van der Waals surface area contributed by atoms with Crippen LogP contribution in [0.5, 0.6) is 5.75 Å². The summed E-state index contributed by atoms with van der Waals surface area (Å²) in [4.78, 5) is 36.2. The van der Waals surface area contributed by atoms with E-state index in [-0.39, 0.29) is 17.8 Å². The summed E-state index contributed by atoms with van der Waals surface area (Å²) in [6.45, 7) is 0.390. The minimum atomic E-state index is -3.66. The minimum Gasteiger partial charge on any atom is -0.508 e. The Morgan fingerprint density at radius 1 is 1.03 bits per heavy atom. The molecule has 1 amide bonds. The second-order valence-electron chi connectivity index (χ2n) is 9.15. The number of carbonyl (C=O) groups is 2. The Balaban J connectivity index is 1.49. The third kappa shape index (κ3) is 6.81. The van der Waals surface area contributed by atoms with Gasteiger partial charge in [-0.25, -0.2) is 4.79 Å². The molecular formula is C23H34NO6P. The van der Waals surface area contributed by atoms with Gasteiger partial charge in [0, 0.05) is 12.7 Å². The molecule has 0 spiro atoms. The summed E-state index contributed by atoms with van der Waals surface area (Å²) < 4.78 is 12.6. The van der Waals surface area contributed by atoms with Gasteiger partial charge in [0.15, 0.2) is 0 Å². The summed E-state index contributed by atoms with van der Waals surface area (Å²) >= 11 is 0. The molecule has 0 aromatic heterocycles. The van der Waals surface area contributed by atoms with Crippen molar-refractivity contribution in [2.75, 3.05) is 18.9 Å². The number of hydrogen-bond donors (Lipinski definition) is 3. The van der Waals surface area contributed by atoms with E-state index in [1.807, 2.05) is 12.1 Å². The van der Waals surface area contributed by atoms with E-state index in [1.54, 1.807) is 12.1 Å². The molecule has 3 N–H and O–H groups in total. The molecule has 1 saturated heterocycles. The minimum absolute atomic E-state index is 0.0501. The van der Waals surface area contributed by atoms with E-state index in [2.05, 4.69) is 0 Å². The van der Waals surface area contributed by atoms with Crippen LogP contribution in [0.3, 0.4) is 0 Å². The number of rotatable bonds is 9. The zero-order valence-electron chi connectivity index (χ0n) is 18.0. The summed E-state index contributed by atoms with van der Waals surface area (Å²) in [6, 6.07) is 5.98. The zero-order chi connectivity index (χ0) is 22.4. The fourth-order valence-corrected chi connectivity index (χ4v) is 6.54. The Morgan fingerprint density at radius 2 is 1.71 bits per heavy atom. The first-order chi connectivity index (χ1) is 14.7. The number of unbranched alkanes of at least 4 members (excludes halogenated alkanes) is 1. The van der Waals surface area contributed by atoms with Gasteiger partial charge in [-0.15, -0.1) is 0 Å². The molecule has 1 aliphatic heterocycles. The Bertz CT molecular complexity index is 805. The van der Waals surface area contributed by atoms with Crippen molar-refractivity contribution in [3.8, 4) is 5.75 Å². The molecule has 2 aliphatic rings. The fourth-order valence-electron chi connectivity index (χ4n) is 5.06. The lowest BCUT2D eigenvalue weighted by Gasteiger charge is -2.27. The molecule has 3 atom stereocenters. The number of aromatic hydroxyl groups is 1. The maximum atomic E-state index is 12.8. The van der Waals surface area contributed by atoms with Gasteiger partial charge >= 0.3 is 5.97 Å². The second kappa shape index (κ2) is 10.6. The van der Waals surface area contributed by atoms with E-state index >= 15 is 0 Å². The predicted octanol–water partition coefficient (Wildman–Crippen LogP) is 3.87. The number of carboxylic acid groups (broad SMARTS) is 1. The quantitative estimate of drug-likeness (QED) is 0.388. The highest BCUT2D eigenvalue weighted by Crippen LogP contribution is 2.43. The number of likely N-dealkylation sites (tertiary alicyclic amines) is 1. The summed E-state index contributed by atoms with van der Waals surface area (Å²) in [5.41, 5.74) is 1.04. The molecule has 1 heterocycles. The third-order valence-corrected chi connectivity index (χ3v) is 8.58. The molecule has 8 heteroatoms. The lowest BCUT2D eigenvalue weighted by molar-refractivity contribution is -0.147. The van der Waals surface area contributed by atoms with E-state index in [1.165, 1.54) is 11.3 Å². The number of benzene rings is 1. The Morgan fingerprint density at radius 3 is 2.35 bits per heavy atom. The summed E-state index contributed by atoms with van der Waals surface area (Å²) in [5, 5.41) is 18.9. The van der Waals surface area contributed by atoms with Crippen molar-refractivity contribution in [2.24, 2.45) is 11.8 Å². The van der Waals surface area contributed by atoms with Crippen LogP contribution in [0.25, 0.3) is 0 Å². The first-order valence-corrected chi connectivity index (χ1v) is 13.4. The van der Waals surface area contributed by atoms with E-state index in [4.69, 9.17) is 0 Å². The third-order valence-electron chi connectivity index (χ3n) is 6.80. The molecule has 1 saturated carbocycles. The van der Waals surface area contributed by atoms with Crippen LogP contribution in [0, 0.1) is 11.8 Å². The van der Waals surface area contributed by atoms with E-state index in [9.17, 15) is 29.3 Å². The molecule has 1 aliphatic carbocycles. The van der Waals surface area contributed by atoms with Crippen LogP contribution in [0.1, 0.15) is 56.9 Å². The molecule has 2 fully saturated rings. The topological polar surface area (TPSA) is 115 Å². The van der Waals surface area contributed by atoms with Crippen molar-refractivity contribution in [1.82, 2.24) is 4.90 Å². The summed E-state index contributed by atoms with van der Waals surface area (Å²) in [5.74, 6) is -0.694. The summed E-state index contributed by atoms with van der Waals surface area (Å²) in [6.07, 6.45) is 7.65. The van der Waals surface area contributed by atoms with Crippen LogP contribution in [-0.4, -0.2) is 56.8 Å². The van der Waals surface area contributed by atoms with Crippen molar-refractivity contribution in [3.63, 3.8) is 0 Å². The van der Waals surface area contributed by atoms with Crippen LogP contribution in [-0.2, 0) is 20.6 Å². The Labute approximate surface area is 183 Å². The molecule has 1 aromatic carbocycles. The van der Waals surface area contributed by atoms with Crippen molar-refractivity contribution < 1.29 is 29.3 Å². The first kappa shape index (κ1) is 23.8. The molecule has 1 unspecified atom stereocenters. The highest BCUT2D eigenvalue weighted by molar-refractivity contribution is 7.58. The number of phenols is 1. The average molecular weight is 452 g/mol. The number of aryl methyl sites for hydroxylation is 1. The van der Waals surface area contributed by atoms with Gasteiger partial charge in [-0.05, 0) is 55.2 Å². The number of carboxylic acids is 1.